The number of aromatic nitrogens is 1. The molecule has 0 bridgehead atoms. The number of halogens is 2. The molecule has 3 aromatic rings. The van der Waals surface area contributed by atoms with Gasteiger partial charge in [-0.15, -0.1) is 0 Å². The number of carbonyl (C=O) groups excluding carboxylic acids is 1. The Morgan fingerprint density at radius 2 is 2.00 bits per heavy atom. The molecule has 5 nitrogen and oxygen atoms in total. The van der Waals surface area contributed by atoms with Crippen molar-refractivity contribution in [2.45, 2.75) is 18.9 Å². The van der Waals surface area contributed by atoms with E-state index in [1.54, 1.807) is 35.2 Å². The first-order chi connectivity index (χ1) is 13.6. The van der Waals surface area contributed by atoms with Crippen molar-refractivity contribution in [3.8, 4) is 5.75 Å². The van der Waals surface area contributed by atoms with Gasteiger partial charge in [0.05, 0.1) is 22.9 Å². The maximum Gasteiger partial charge on any atom is 0.266 e. The van der Waals surface area contributed by atoms with Crippen LogP contribution < -0.4 is 9.64 Å². The maximum atomic E-state index is 13.0. The highest BCUT2D eigenvalue weighted by molar-refractivity contribution is 7.22. The topological polar surface area (TPSA) is 51.7 Å². The summed E-state index contributed by atoms with van der Waals surface area (Å²) < 4.78 is 12.3. The van der Waals surface area contributed by atoms with E-state index in [4.69, 9.17) is 32.7 Å². The van der Waals surface area contributed by atoms with Gasteiger partial charge in [-0.2, -0.15) is 0 Å². The Labute approximate surface area is 176 Å². The van der Waals surface area contributed by atoms with E-state index < -0.39 is 0 Å². The number of carbonyl (C=O) groups is 1. The minimum absolute atomic E-state index is 0.00934. The Kier molecular flexibility index (Phi) is 6.01. The zero-order valence-corrected chi connectivity index (χ0v) is 17.3. The number of anilines is 1. The molecule has 0 saturated carbocycles. The summed E-state index contributed by atoms with van der Waals surface area (Å²) in [5, 5.41) is 1.88. The SMILES string of the molecule is O=C(COc1ccc(Cl)cc1)N(CC1CCCO1)c1nc2ccc(Cl)cc2s1. The number of benzene rings is 2. The van der Waals surface area contributed by atoms with Gasteiger partial charge in [0, 0.05) is 16.7 Å². The summed E-state index contributed by atoms with van der Waals surface area (Å²) in [5.74, 6) is 0.418. The monoisotopic (exact) mass is 436 g/mol. The van der Waals surface area contributed by atoms with E-state index in [0.29, 0.717) is 27.5 Å². The van der Waals surface area contributed by atoms with E-state index in [9.17, 15) is 4.79 Å². The fraction of sp³-hybridized carbons (Fsp3) is 0.300. The normalized spacial score (nSPS) is 16.4. The highest BCUT2D eigenvalue weighted by Crippen LogP contribution is 2.31. The molecule has 0 radical (unpaired) electrons. The van der Waals surface area contributed by atoms with Gasteiger partial charge < -0.3 is 9.47 Å². The maximum absolute atomic E-state index is 13.0. The number of thiazole rings is 1. The lowest BCUT2D eigenvalue weighted by atomic mass is 10.2. The second kappa shape index (κ2) is 8.66. The Morgan fingerprint density at radius 3 is 2.75 bits per heavy atom. The fourth-order valence-corrected chi connectivity index (χ4v) is 4.43. The average Bonchev–Trinajstić information content (AvgIpc) is 3.34. The van der Waals surface area contributed by atoms with Crippen LogP contribution in [0.2, 0.25) is 10.0 Å². The van der Waals surface area contributed by atoms with Crippen molar-refractivity contribution in [3.05, 3.63) is 52.5 Å². The van der Waals surface area contributed by atoms with Gasteiger partial charge in [-0.25, -0.2) is 4.98 Å². The van der Waals surface area contributed by atoms with Crippen LogP contribution in [-0.2, 0) is 9.53 Å². The first kappa shape index (κ1) is 19.5. The van der Waals surface area contributed by atoms with Crippen molar-refractivity contribution in [1.82, 2.24) is 4.98 Å². The van der Waals surface area contributed by atoms with E-state index in [1.165, 1.54) is 11.3 Å². The van der Waals surface area contributed by atoms with Crippen molar-refractivity contribution >= 4 is 55.8 Å². The van der Waals surface area contributed by atoms with Gasteiger partial charge in [0.1, 0.15) is 5.75 Å². The van der Waals surface area contributed by atoms with E-state index >= 15 is 0 Å². The van der Waals surface area contributed by atoms with Crippen molar-refractivity contribution in [2.75, 3.05) is 24.7 Å². The molecule has 1 amide bonds. The van der Waals surface area contributed by atoms with Crippen LogP contribution in [-0.4, -0.2) is 36.8 Å². The first-order valence-corrected chi connectivity index (χ1v) is 10.5. The molecule has 146 valence electrons. The summed E-state index contributed by atoms with van der Waals surface area (Å²) in [7, 11) is 0. The summed E-state index contributed by atoms with van der Waals surface area (Å²) >= 11 is 13.4. The Balaban J connectivity index is 1.54. The highest BCUT2D eigenvalue weighted by Gasteiger charge is 2.26. The quantitative estimate of drug-likeness (QED) is 0.532. The first-order valence-electron chi connectivity index (χ1n) is 8.95. The molecular formula is C20H18Cl2N2O3S. The molecule has 2 aromatic carbocycles. The van der Waals surface area contributed by atoms with Crippen molar-refractivity contribution in [2.24, 2.45) is 0 Å². The third-order valence-electron chi connectivity index (χ3n) is 4.46. The third-order valence-corrected chi connectivity index (χ3v) is 5.99. The van der Waals surface area contributed by atoms with E-state index in [0.717, 1.165) is 29.7 Å². The van der Waals surface area contributed by atoms with Crippen LogP contribution in [0, 0.1) is 0 Å². The summed E-state index contributed by atoms with van der Waals surface area (Å²) in [4.78, 5) is 19.3. The smallest absolute Gasteiger partial charge is 0.266 e. The van der Waals surface area contributed by atoms with Crippen LogP contribution >= 0.6 is 34.5 Å². The summed E-state index contributed by atoms with van der Waals surface area (Å²) in [6.07, 6.45) is 1.94. The van der Waals surface area contributed by atoms with Crippen LogP contribution in [0.5, 0.6) is 5.75 Å². The van der Waals surface area contributed by atoms with Gasteiger partial charge in [-0.3, -0.25) is 9.69 Å². The lowest BCUT2D eigenvalue weighted by Crippen LogP contribution is -2.40. The number of nitrogens with zero attached hydrogens (tertiary/aromatic N) is 2. The van der Waals surface area contributed by atoms with Crippen molar-refractivity contribution in [1.29, 1.82) is 0 Å². The molecule has 1 unspecified atom stereocenters. The molecule has 0 aliphatic carbocycles. The Bertz CT molecular complexity index is 971. The van der Waals surface area contributed by atoms with E-state index in [-0.39, 0.29) is 18.6 Å². The summed E-state index contributed by atoms with van der Waals surface area (Å²) in [5.41, 5.74) is 0.813. The molecule has 4 rings (SSSR count). The minimum atomic E-state index is -0.171. The predicted molar refractivity (Wildman–Crippen MR) is 113 cm³/mol. The molecule has 0 spiro atoms. The summed E-state index contributed by atoms with van der Waals surface area (Å²) in [6, 6.07) is 12.4. The molecule has 1 aliphatic heterocycles. The van der Waals surface area contributed by atoms with Gasteiger partial charge in [-0.1, -0.05) is 34.5 Å². The number of rotatable bonds is 6. The summed E-state index contributed by atoms with van der Waals surface area (Å²) in [6.45, 7) is 1.09. The average molecular weight is 437 g/mol. The van der Waals surface area contributed by atoms with E-state index in [1.807, 2.05) is 12.1 Å². The molecule has 2 heterocycles. The predicted octanol–water partition coefficient (Wildman–Crippen LogP) is 5.19. The number of ether oxygens (including phenoxy) is 2. The number of fused-ring (bicyclic) bond motifs is 1. The molecule has 1 atom stereocenters. The van der Waals surface area contributed by atoms with Gasteiger partial charge in [0.2, 0.25) is 0 Å². The van der Waals surface area contributed by atoms with E-state index in [2.05, 4.69) is 4.98 Å². The van der Waals surface area contributed by atoms with Crippen molar-refractivity contribution in [3.63, 3.8) is 0 Å². The molecular weight excluding hydrogens is 419 g/mol. The molecule has 1 fully saturated rings. The van der Waals surface area contributed by atoms with Crippen molar-refractivity contribution < 1.29 is 14.3 Å². The molecule has 1 saturated heterocycles. The molecule has 1 aliphatic rings. The Hall–Kier alpha value is -1.86. The van der Waals surface area contributed by atoms with Gasteiger partial charge in [0.25, 0.3) is 5.91 Å². The third kappa shape index (κ3) is 4.58. The second-order valence-corrected chi connectivity index (χ2v) is 8.37. The van der Waals surface area contributed by atoms with Crippen LogP contribution in [0.1, 0.15) is 12.8 Å². The Morgan fingerprint density at radius 1 is 1.21 bits per heavy atom. The number of amides is 1. The standard InChI is InChI=1S/C20H18Cl2N2O3S/c21-13-3-6-15(7-4-13)27-12-19(25)24(11-16-2-1-9-26-16)20-23-17-8-5-14(22)10-18(17)28-20/h3-8,10,16H,1-2,9,11-12H2. The zero-order valence-electron chi connectivity index (χ0n) is 14.9. The number of hydrogen-bond acceptors (Lipinski definition) is 5. The van der Waals surface area contributed by atoms with Crippen LogP contribution in [0.3, 0.4) is 0 Å². The zero-order chi connectivity index (χ0) is 19.5. The lowest BCUT2D eigenvalue weighted by Gasteiger charge is -2.23. The second-order valence-electron chi connectivity index (χ2n) is 6.49. The van der Waals surface area contributed by atoms with Gasteiger partial charge in [-0.05, 0) is 55.3 Å². The van der Waals surface area contributed by atoms with Gasteiger partial charge in [0.15, 0.2) is 11.7 Å². The molecule has 1 aromatic heterocycles. The largest absolute Gasteiger partial charge is 0.484 e. The highest BCUT2D eigenvalue weighted by atomic mass is 35.5. The lowest BCUT2D eigenvalue weighted by molar-refractivity contribution is -0.120. The fourth-order valence-electron chi connectivity index (χ4n) is 3.03. The van der Waals surface area contributed by atoms with Crippen LogP contribution in [0.25, 0.3) is 10.2 Å². The molecule has 0 N–H and O–H groups in total. The molecule has 8 heteroatoms. The van der Waals surface area contributed by atoms with Crippen LogP contribution in [0.4, 0.5) is 5.13 Å². The molecule has 28 heavy (non-hydrogen) atoms. The van der Waals surface area contributed by atoms with Crippen LogP contribution in [0.15, 0.2) is 42.5 Å². The minimum Gasteiger partial charge on any atom is -0.484 e. The number of hydrogen-bond donors (Lipinski definition) is 0. The van der Waals surface area contributed by atoms with Gasteiger partial charge >= 0.3 is 0 Å².